The zero-order valence-corrected chi connectivity index (χ0v) is 12.4. The Labute approximate surface area is 124 Å². The largest absolute Gasteiger partial charge is 0.380 e. The van der Waals surface area contributed by atoms with Gasteiger partial charge in [0.25, 0.3) is 5.91 Å². The van der Waals surface area contributed by atoms with Crippen molar-refractivity contribution in [3.05, 3.63) is 59.9 Å². The van der Waals surface area contributed by atoms with Crippen molar-refractivity contribution in [2.45, 2.75) is 26.3 Å². The molecule has 2 N–H and O–H groups in total. The number of halogens is 1. The molecule has 2 rings (SSSR count). The minimum atomic E-state index is -0.424. The van der Waals surface area contributed by atoms with E-state index in [-0.39, 0.29) is 11.4 Å². The fourth-order valence-electron chi connectivity index (χ4n) is 1.90. The maximum atomic E-state index is 13.1. The molecule has 0 aromatic heterocycles. The van der Waals surface area contributed by atoms with Gasteiger partial charge in [0.2, 0.25) is 0 Å². The highest BCUT2D eigenvalue weighted by molar-refractivity contribution is 6.04. The average Bonchev–Trinajstić information content (AvgIpc) is 2.39. The SMILES string of the molecule is CC(C)(C)Nc1ccc(NC(=O)c2cccc(F)c2)cc1. The summed E-state index contributed by atoms with van der Waals surface area (Å²) in [5.74, 6) is -0.751. The third-order valence-electron chi connectivity index (χ3n) is 2.75. The molecule has 0 saturated carbocycles. The summed E-state index contributed by atoms with van der Waals surface area (Å²) in [5.41, 5.74) is 1.92. The van der Waals surface area contributed by atoms with E-state index in [4.69, 9.17) is 0 Å². The van der Waals surface area contributed by atoms with E-state index in [1.165, 1.54) is 18.2 Å². The predicted octanol–water partition coefficient (Wildman–Crippen LogP) is 4.29. The molecule has 0 aliphatic heterocycles. The molecule has 110 valence electrons. The van der Waals surface area contributed by atoms with Gasteiger partial charge in [-0.15, -0.1) is 0 Å². The van der Waals surface area contributed by atoms with Gasteiger partial charge in [0.15, 0.2) is 0 Å². The summed E-state index contributed by atoms with van der Waals surface area (Å²) < 4.78 is 13.1. The van der Waals surface area contributed by atoms with E-state index in [2.05, 4.69) is 31.4 Å². The Kier molecular flexibility index (Phi) is 4.26. The fraction of sp³-hybridized carbons (Fsp3) is 0.235. The molecule has 2 aromatic rings. The molecule has 0 saturated heterocycles. The number of hydrogen-bond acceptors (Lipinski definition) is 2. The van der Waals surface area contributed by atoms with Crippen molar-refractivity contribution in [3.63, 3.8) is 0 Å². The number of rotatable bonds is 3. The summed E-state index contributed by atoms with van der Waals surface area (Å²) in [6, 6.07) is 13.0. The van der Waals surface area contributed by atoms with Gasteiger partial charge in [-0.05, 0) is 63.2 Å². The number of carbonyl (C=O) groups excluding carboxylic acids is 1. The smallest absolute Gasteiger partial charge is 0.255 e. The first-order valence-corrected chi connectivity index (χ1v) is 6.79. The molecule has 0 unspecified atom stereocenters. The van der Waals surface area contributed by atoms with Gasteiger partial charge in [-0.25, -0.2) is 4.39 Å². The number of hydrogen-bond donors (Lipinski definition) is 2. The maximum absolute atomic E-state index is 13.1. The standard InChI is InChI=1S/C17H19FN2O/c1-17(2,3)20-15-9-7-14(8-10-15)19-16(21)12-5-4-6-13(18)11-12/h4-11,20H,1-3H3,(H,19,21). The molecule has 0 heterocycles. The van der Waals surface area contributed by atoms with Crippen molar-refractivity contribution in [2.24, 2.45) is 0 Å². The van der Waals surface area contributed by atoms with Crippen LogP contribution < -0.4 is 10.6 Å². The summed E-state index contributed by atoms with van der Waals surface area (Å²) in [6.07, 6.45) is 0. The van der Waals surface area contributed by atoms with E-state index < -0.39 is 5.82 Å². The molecule has 1 amide bonds. The Balaban J connectivity index is 2.05. The van der Waals surface area contributed by atoms with Gasteiger partial charge in [0, 0.05) is 22.5 Å². The molecular formula is C17H19FN2O. The average molecular weight is 286 g/mol. The lowest BCUT2D eigenvalue weighted by atomic mass is 10.1. The highest BCUT2D eigenvalue weighted by Crippen LogP contribution is 2.18. The van der Waals surface area contributed by atoms with Crippen LogP contribution in [0, 0.1) is 5.82 Å². The van der Waals surface area contributed by atoms with Crippen LogP contribution in [0.2, 0.25) is 0 Å². The van der Waals surface area contributed by atoms with Gasteiger partial charge >= 0.3 is 0 Å². The third kappa shape index (κ3) is 4.60. The second-order valence-corrected chi connectivity index (χ2v) is 5.92. The summed E-state index contributed by atoms with van der Waals surface area (Å²) in [4.78, 5) is 12.0. The second kappa shape index (κ2) is 5.95. The molecule has 3 nitrogen and oxygen atoms in total. The molecule has 0 atom stereocenters. The molecule has 4 heteroatoms. The van der Waals surface area contributed by atoms with Crippen LogP contribution in [-0.2, 0) is 0 Å². The summed E-state index contributed by atoms with van der Waals surface area (Å²) in [6.45, 7) is 6.23. The Hall–Kier alpha value is -2.36. The zero-order valence-electron chi connectivity index (χ0n) is 12.4. The molecule has 0 spiro atoms. The van der Waals surface area contributed by atoms with Gasteiger partial charge < -0.3 is 10.6 Å². The van der Waals surface area contributed by atoms with E-state index in [0.717, 1.165) is 5.69 Å². The molecule has 0 aliphatic rings. The van der Waals surface area contributed by atoms with E-state index >= 15 is 0 Å². The first-order valence-electron chi connectivity index (χ1n) is 6.79. The minimum absolute atomic E-state index is 0.0215. The van der Waals surface area contributed by atoms with Crippen molar-refractivity contribution >= 4 is 17.3 Å². The van der Waals surface area contributed by atoms with E-state index in [1.54, 1.807) is 6.07 Å². The third-order valence-corrected chi connectivity index (χ3v) is 2.75. The lowest BCUT2D eigenvalue weighted by Gasteiger charge is -2.22. The Bertz CT molecular complexity index is 630. The summed E-state index contributed by atoms with van der Waals surface area (Å²) >= 11 is 0. The fourth-order valence-corrected chi connectivity index (χ4v) is 1.90. The maximum Gasteiger partial charge on any atom is 0.255 e. The van der Waals surface area contributed by atoms with Crippen LogP contribution in [-0.4, -0.2) is 11.4 Å². The van der Waals surface area contributed by atoms with E-state index in [9.17, 15) is 9.18 Å². The zero-order chi connectivity index (χ0) is 15.5. The molecular weight excluding hydrogens is 267 g/mol. The van der Waals surface area contributed by atoms with Gasteiger partial charge in [-0.2, -0.15) is 0 Å². The van der Waals surface area contributed by atoms with Crippen LogP contribution >= 0.6 is 0 Å². The molecule has 0 fully saturated rings. The van der Waals surface area contributed by atoms with Crippen LogP contribution in [0.15, 0.2) is 48.5 Å². The lowest BCUT2D eigenvalue weighted by Crippen LogP contribution is -2.25. The van der Waals surface area contributed by atoms with Gasteiger partial charge in [0.1, 0.15) is 5.82 Å². The van der Waals surface area contributed by atoms with Gasteiger partial charge in [-0.1, -0.05) is 6.07 Å². The first kappa shape index (κ1) is 15.0. The van der Waals surface area contributed by atoms with Gasteiger partial charge in [-0.3, -0.25) is 4.79 Å². The topological polar surface area (TPSA) is 41.1 Å². The Morgan fingerprint density at radius 1 is 1.00 bits per heavy atom. The minimum Gasteiger partial charge on any atom is -0.380 e. The number of amides is 1. The highest BCUT2D eigenvalue weighted by Gasteiger charge is 2.10. The molecule has 0 radical (unpaired) electrons. The van der Waals surface area contributed by atoms with Crippen molar-refractivity contribution in [1.82, 2.24) is 0 Å². The van der Waals surface area contributed by atoms with E-state index in [0.29, 0.717) is 11.3 Å². The normalized spacial score (nSPS) is 11.0. The van der Waals surface area contributed by atoms with Crippen LogP contribution in [0.3, 0.4) is 0 Å². The first-order chi connectivity index (χ1) is 9.83. The molecule has 2 aromatic carbocycles. The quantitative estimate of drug-likeness (QED) is 0.883. The van der Waals surface area contributed by atoms with Gasteiger partial charge in [0.05, 0.1) is 0 Å². The van der Waals surface area contributed by atoms with Crippen LogP contribution in [0.25, 0.3) is 0 Å². The lowest BCUT2D eigenvalue weighted by molar-refractivity contribution is 0.102. The van der Waals surface area contributed by atoms with Crippen molar-refractivity contribution in [3.8, 4) is 0 Å². The van der Waals surface area contributed by atoms with E-state index in [1.807, 2.05) is 24.3 Å². The van der Waals surface area contributed by atoms with Crippen molar-refractivity contribution in [1.29, 1.82) is 0 Å². The van der Waals surface area contributed by atoms with Crippen molar-refractivity contribution < 1.29 is 9.18 Å². The van der Waals surface area contributed by atoms with Crippen molar-refractivity contribution in [2.75, 3.05) is 10.6 Å². The highest BCUT2D eigenvalue weighted by atomic mass is 19.1. The van der Waals surface area contributed by atoms with Crippen LogP contribution in [0.4, 0.5) is 15.8 Å². The Morgan fingerprint density at radius 3 is 2.19 bits per heavy atom. The summed E-state index contributed by atoms with van der Waals surface area (Å²) in [7, 11) is 0. The summed E-state index contributed by atoms with van der Waals surface area (Å²) in [5, 5.41) is 6.08. The molecule has 21 heavy (non-hydrogen) atoms. The number of nitrogens with one attached hydrogen (secondary N) is 2. The van der Waals surface area contributed by atoms with Crippen LogP contribution in [0.5, 0.6) is 0 Å². The monoisotopic (exact) mass is 286 g/mol. The number of anilines is 2. The molecule has 0 bridgehead atoms. The van der Waals surface area contributed by atoms with Crippen LogP contribution in [0.1, 0.15) is 31.1 Å². The predicted molar refractivity (Wildman–Crippen MR) is 84.2 cm³/mol. The Morgan fingerprint density at radius 2 is 1.62 bits per heavy atom. The molecule has 0 aliphatic carbocycles. The second-order valence-electron chi connectivity index (χ2n) is 5.92. The number of carbonyl (C=O) groups is 1. The number of benzene rings is 2.